The average Bonchev–Trinajstić information content (AvgIpc) is 2.54. The van der Waals surface area contributed by atoms with E-state index < -0.39 is 0 Å². The quantitative estimate of drug-likeness (QED) is 0.723. The smallest absolute Gasteiger partial charge is 0.338 e. The number of carbonyl (C=O) groups is 1. The molecule has 0 bridgehead atoms. The topological polar surface area (TPSA) is 48.0 Å². The van der Waals surface area contributed by atoms with Gasteiger partial charge in [0.05, 0.1) is 32.0 Å². The van der Waals surface area contributed by atoms with Gasteiger partial charge < -0.3 is 14.2 Å². The monoisotopic (exact) mass is 321 g/mol. The molecule has 1 fully saturated rings. The second kappa shape index (κ2) is 8.31. The van der Waals surface area contributed by atoms with Gasteiger partial charge in [0.1, 0.15) is 5.75 Å². The van der Waals surface area contributed by atoms with Crippen LogP contribution in [0.25, 0.3) is 0 Å². The fourth-order valence-corrected chi connectivity index (χ4v) is 2.61. The first kappa shape index (κ1) is 17.8. The fraction of sp³-hybridized carbons (Fsp3) is 0.611. The molecule has 1 aliphatic rings. The average molecular weight is 321 g/mol. The van der Waals surface area contributed by atoms with Crippen molar-refractivity contribution >= 4 is 5.97 Å². The molecule has 1 saturated heterocycles. The molecule has 0 aliphatic carbocycles. The minimum atomic E-state index is -0.289. The number of carbonyl (C=O) groups excluding carboxylic acids is 1. The molecule has 5 nitrogen and oxygen atoms in total. The lowest BCUT2D eigenvalue weighted by Crippen LogP contribution is -2.43. The Balaban J connectivity index is 1.82. The summed E-state index contributed by atoms with van der Waals surface area (Å²) in [5.74, 6) is 0.472. The van der Waals surface area contributed by atoms with Crippen LogP contribution in [0.2, 0.25) is 0 Å². The van der Waals surface area contributed by atoms with E-state index in [4.69, 9.17) is 14.2 Å². The first-order valence-corrected chi connectivity index (χ1v) is 8.20. The summed E-state index contributed by atoms with van der Waals surface area (Å²) in [7, 11) is 0. The summed E-state index contributed by atoms with van der Waals surface area (Å²) in [4.78, 5) is 14.5. The van der Waals surface area contributed by atoms with Crippen LogP contribution in [0.3, 0.4) is 0 Å². The van der Waals surface area contributed by atoms with E-state index in [0.717, 1.165) is 38.6 Å². The number of morpholine rings is 1. The molecule has 1 heterocycles. The van der Waals surface area contributed by atoms with Gasteiger partial charge in [-0.2, -0.15) is 0 Å². The molecule has 0 aromatic heterocycles. The Morgan fingerprint density at radius 3 is 2.48 bits per heavy atom. The van der Waals surface area contributed by atoms with E-state index in [2.05, 4.69) is 18.7 Å². The fourth-order valence-electron chi connectivity index (χ4n) is 2.61. The van der Waals surface area contributed by atoms with Gasteiger partial charge in [-0.15, -0.1) is 0 Å². The number of benzene rings is 1. The number of nitrogens with zero attached hydrogens (tertiary/aromatic N) is 1. The summed E-state index contributed by atoms with van der Waals surface area (Å²) in [5.41, 5.74) is 0.466. The predicted octanol–water partition coefficient (Wildman–Crippen LogP) is 2.60. The molecule has 1 aliphatic heterocycles. The summed E-state index contributed by atoms with van der Waals surface area (Å²) in [6, 6.07) is 7.06. The first-order chi connectivity index (χ1) is 11.0. The van der Waals surface area contributed by atoms with Crippen LogP contribution >= 0.6 is 0 Å². The van der Waals surface area contributed by atoms with Gasteiger partial charge in [-0.25, -0.2) is 4.79 Å². The van der Waals surface area contributed by atoms with Gasteiger partial charge in [-0.05, 0) is 31.2 Å². The zero-order valence-electron chi connectivity index (χ0n) is 14.3. The summed E-state index contributed by atoms with van der Waals surface area (Å²) in [5, 5.41) is 0. The Morgan fingerprint density at radius 1 is 1.22 bits per heavy atom. The summed E-state index contributed by atoms with van der Waals surface area (Å²) in [6.07, 6.45) is 0. The van der Waals surface area contributed by atoms with Crippen LogP contribution in [0.5, 0.6) is 5.75 Å². The number of rotatable bonds is 7. The zero-order valence-corrected chi connectivity index (χ0v) is 14.3. The molecule has 0 unspecified atom stereocenters. The third-order valence-corrected chi connectivity index (χ3v) is 3.75. The standard InChI is InChI=1S/C18H27NO4/c1-4-22-16-7-5-15(6-8-16)17(20)23-14-18(2,3)13-19-9-11-21-12-10-19/h5-8H,4,9-14H2,1-3H3. The van der Waals surface area contributed by atoms with Gasteiger partial charge in [-0.3, -0.25) is 4.90 Å². The molecule has 0 amide bonds. The maximum Gasteiger partial charge on any atom is 0.338 e. The second-order valence-corrected chi connectivity index (χ2v) is 6.59. The van der Waals surface area contributed by atoms with Crippen LogP contribution in [0.15, 0.2) is 24.3 Å². The van der Waals surface area contributed by atoms with E-state index in [-0.39, 0.29) is 11.4 Å². The third kappa shape index (κ3) is 5.84. The highest BCUT2D eigenvalue weighted by atomic mass is 16.5. The highest BCUT2D eigenvalue weighted by Crippen LogP contribution is 2.20. The highest BCUT2D eigenvalue weighted by molar-refractivity contribution is 5.89. The largest absolute Gasteiger partial charge is 0.494 e. The van der Waals surface area contributed by atoms with Crippen molar-refractivity contribution in [2.75, 3.05) is 46.1 Å². The molecule has 128 valence electrons. The molecule has 23 heavy (non-hydrogen) atoms. The van der Waals surface area contributed by atoms with E-state index in [1.807, 2.05) is 6.92 Å². The van der Waals surface area contributed by atoms with Crippen LogP contribution in [-0.2, 0) is 9.47 Å². The van der Waals surface area contributed by atoms with Crippen molar-refractivity contribution in [2.45, 2.75) is 20.8 Å². The lowest BCUT2D eigenvalue weighted by molar-refractivity contribution is -0.000201. The maximum atomic E-state index is 12.2. The number of hydrogen-bond donors (Lipinski definition) is 0. The maximum absolute atomic E-state index is 12.2. The second-order valence-electron chi connectivity index (χ2n) is 6.59. The molecule has 1 aromatic carbocycles. The minimum absolute atomic E-state index is 0.0851. The van der Waals surface area contributed by atoms with E-state index in [1.165, 1.54) is 0 Å². The van der Waals surface area contributed by atoms with Gasteiger partial charge in [0.15, 0.2) is 0 Å². The van der Waals surface area contributed by atoms with Crippen molar-refractivity contribution in [3.63, 3.8) is 0 Å². The highest BCUT2D eigenvalue weighted by Gasteiger charge is 2.25. The molecular formula is C18H27NO4. The Bertz CT molecular complexity index is 492. The zero-order chi connectivity index (χ0) is 16.7. The molecular weight excluding hydrogens is 294 g/mol. The number of ether oxygens (including phenoxy) is 3. The van der Waals surface area contributed by atoms with Crippen LogP contribution in [0, 0.1) is 5.41 Å². The van der Waals surface area contributed by atoms with Crippen molar-refractivity contribution in [3.8, 4) is 5.75 Å². The Hall–Kier alpha value is -1.59. The molecule has 0 radical (unpaired) electrons. The van der Waals surface area contributed by atoms with Crippen molar-refractivity contribution in [1.82, 2.24) is 4.90 Å². The predicted molar refractivity (Wildman–Crippen MR) is 88.9 cm³/mol. The van der Waals surface area contributed by atoms with Gasteiger partial charge in [0, 0.05) is 25.0 Å². The Kier molecular flexibility index (Phi) is 6.42. The van der Waals surface area contributed by atoms with E-state index in [0.29, 0.717) is 18.8 Å². The summed E-state index contributed by atoms with van der Waals surface area (Å²) < 4.78 is 16.2. The number of esters is 1. The van der Waals surface area contributed by atoms with E-state index in [9.17, 15) is 4.79 Å². The third-order valence-electron chi connectivity index (χ3n) is 3.75. The van der Waals surface area contributed by atoms with Crippen molar-refractivity contribution < 1.29 is 19.0 Å². The van der Waals surface area contributed by atoms with Crippen LogP contribution in [0.1, 0.15) is 31.1 Å². The molecule has 0 spiro atoms. The lowest BCUT2D eigenvalue weighted by atomic mass is 9.94. The normalized spacial score (nSPS) is 16.1. The van der Waals surface area contributed by atoms with Gasteiger partial charge in [0.2, 0.25) is 0 Å². The van der Waals surface area contributed by atoms with E-state index in [1.54, 1.807) is 24.3 Å². The van der Waals surface area contributed by atoms with Crippen LogP contribution in [0.4, 0.5) is 0 Å². The van der Waals surface area contributed by atoms with Gasteiger partial charge >= 0.3 is 5.97 Å². The molecule has 0 N–H and O–H groups in total. The van der Waals surface area contributed by atoms with E-state index >= 15 is 0 Å². The van der Waals surface area contributed by atoms with Crippen LogP contribution < -0.4 is 4.74 Å². The molecule has 1 aromatic rings. The van der Waals surface area contributed by atoms with Crippen molar-refractivity contribution in [3.05, 3.63) is 29.8 Å². The molecule has 0 atom stereocenters. The minimum Gasteiger partial charge on any atom is -0.494 e. The SMILES string of the molecule is CCOc1ccc(C(=O)OCC(C)(C)CN2CCOCC2)cc1. The molecule has 0 saturated carbocycles. The van der Waals surface area contributed by atoms with Crippen LogP contribution in [-0.4, -0.2) is 56.9 Å². The molecule has 5 heteroatoms. The lowest BCUT2D eigenvalue weighted by Gasteiger charge is -2.34. The summed E-state index contributed by atoms with van der Waals surface area (Å²) in [6.45, 7) is 11.5. The number of hydrogen-bond acceptors (Lipinski definition) is 5. The Morgan fingerprint density at radius 2 is 1.87 bits per heavy atom. The Labute approximate surface area is 138 Å². The van der Waals surface area contributed by atoms with Crippen molar-refractivity contribution in [1.29, 1.82) is 0 Å². The first-order valence-electron chi connectivity index (χ1n) is 8.20. The summed E-state index contributed by atoms with van der Waals surface area (Å²) >= 11 is 0. The van der Waals surface area contributed by atoms with Crippen molar-refractivity contribution in [2.24, 2.45) is 5.41 Å². The molecule has 2 rings (SSSR count). The van der Waals surface area contributed by atoms with Gasteiger partial charge in [0.25, 0.3) is 0 Å². The van der Waals surface area contributed by atoms with Gasteiger partial charge in [-0.1, -0.05) is 13.8 Å².